The van der Waals surface area contributed by atoms with Crippen molar-refractivity contribution in [3.8, 4) is 0 Å². The first kappa shape index (κ1) is 14.1. The van der Waals surface area contributed by atoms with E-state index in [1.807, 2.05) is 4.68 Å². The lowest BCUT2D eigenvalue weighted by atomic mass is 10.1. The van der Waals surface area contributed by atoms with Crippen LogP contribution in [-0.2, 0) is 17.8 Å². The minimum atomic E-state index is -0.0522. The zero-order chi connectivity index (χ0) is 12.9. The first-order chi connectivity index (χ1) is 7.94. The summed E-state index contributed by atoms with van der Waals surface area (Å²) in [5, 5.41) is 7.66. The Bertz CT molecular complexity index is 333. The summed E-state index contributed by atoms with van der Waals surface area (Å²) >= 11 is 0. The number of hydrogen-bond acceptors (Lipinski definition) is 4. The van der Waals surface area contributed by atoms with Gasteiger partial charge in [-0.1, -0.05) is 13.8 Å². The molecule has 0 unspecified atom stereocenters. The fourth-order valence-electron chi connectivity index (χ4n) is 1.65. The molecular weight excluding hydrogens is 216 g/mol. The number of nitrogens with one attached hydrogen (secondary N) is 1. The molecule has 98 valence electrons. The predicted octanol–water partition coefficient (Wildman–Crippen LogP) is 1.45. The lowest BCUT2D eigenvalue weighted by Crippen LogP contribution is -2.43. The highest BCUT2D eigenvalue weighted by Crippen LogP contribution is 2.06. The van der Waals surface area contributed by atoms with E-state index in [0.717, 1.165) is 12.4 Å². The van der Waals surface area contributed by atoms with Crippen molar-refractivity contribution < 1.29 is 4.74 Å². The van der Waals surface area contributed by atoms with Gasteiger partial charge in [0, 0.05) is 19.2 Å². The summed E-state index contributed by atoms with van der Waals surface area (Å²) in [5.41, 5.74) is -0.0522. The van der Waals surface area contributed by atoms with Crippen LogP contribution in [0.1, 0.15) is 33.5 Å². The van der Waals surface area contributed by atoms with Crippen molar-refractivity contribution in [3.05, 3.63) is 12.2 Å². The van der Waals surface area contributed by atoms with E-state index >= 15 is 0 Å². The Morgan fingerprint density at radius 2 is 2.18 bits per heavy atom. The van der Waals surface area contributed by atoms with Crippen LogP contribution in [0.4, 0.5) is 0 Å². The van der Waals surface area contributed by atoms with E-state index in [1.165, 1.54) is 0 Å². The van der Waals surface area contributed by atoms with Crippen LogP contribution in [0, 0.1) is 5.92 Å². The first-order valence-corrected chi connectivity index (χ1v) is 6.05. The predicted molar refractivity (Wildman–Crippen MR) is 67.7 cm³/mol. The molecule has 0 saturated carbocycles. The van der Waals surface area contributed by atoms with Crippen LogP contribution >= 0.6 is 0 Å². The lowest BCUT2D eigenvalue weighted by molar-refractivity contribution is 0.127. The molecule has 1 aromatic heterocycles. The number of nitrogens with zero attached hydrogens (tertiary/aromatic N) is 3. The Balaban J connectivity index is 2.54. The molecule has 0 amide bonds. The van der Waals surface area contributed by atoms with Crippen molar-refractivity contribution in [1.82, 2.24) is 20.1 Å². The van der Waals surface area contributed by atoms with Crippen molar-refractivity contribution >= 4 is 0 Å². The van der Waals surface area contributed by atoms with Crippen LogP contribution in [-0.4, -0.2) is 34.0 Å². The van der Waals surface area contributed by atoms with Crippen LogP contribution < -0.4 is 5.32 Å². The highest BCUT2D eigenvalue weighted by molar-refractivity contribution is 4.88. The molecule has 1 N–H and O–H groups in total. The molecule has 0 spiro atoms. The van der Waals surface area contributed by atoms with E-state index in [9.17, 15) is 0 Å². The highest BCUT2D eigenvalue weighted by Gasteiger charge is 2.17. The van der Waals surface area contributed by atoms with E-state index in [4.69, 9.17) is 4.74 Å². The molecule has 1 aromatic rings. The summed E-state index contributed by atoms with van der Waals surface area (Å²) in [6.07, 6.45) is 1.61. The van der Waals surface area contributed by atoms with Gasteiger partial charge in [0.25, 0.3) is 0 Å². The van der Waals surface area contributed by atoms with E-state index in [2.05, 4.69) is 43.1 Å². The minimum absolute atomic E-state index is 0.0522. The Kier molecular flexibility index (Phi) is 5.08. The Hall–Kier alpha value is -0.940. The summed E-state index contributed by atoms with van der Waals surface area (Å²) in [4.78, 5) is 4.28. The molecule has 0 aliphatic rings. The smallest absolute Gasteiger partial charge is 0.140 e. The van der Waals surface area contributed by atoms with Gasteiger partial charge in [-0.25, -0.2) is 9.67 Å². The summed E-state index contributed by atoms with van der Waals surface area (Å²) in [5.74, 6) is 1.55. The quantitative estimate of drug-likeness (QED) is 0.783. The van der Waals surface area contributed by atoms with Gasteiger partial charge in [0.05, 0.1) is 13.2 Å². The molecule has 5 heteroatoms. The zero-order valence-electron chi connectivity index (χ0n) is 11.5. The number of hydrogen-bond donors (Lipinski definition) is 1. The zero-order valence-corrected chi connectivity index (χ0v) is 11.5. The maximum absolute atomic E-state index is 5.17. The minimum Gasteiger partial charge on any atom is -0.383 e. The Labute approximate surface area is 104 Å². The van der Waals surface area contributed by atoms with E-state index in [-0.39, 0.29) is 5.54 Å². The fourth-order valence-corrected chi connectivity index (χ4v) is 1.65. The maximum atomic E-state index is 5.17. The molecular formula is C12H24N4O. The molecule has 0 saturated heterocycles. The largest absolute Gasteiger partial charge is 0.383 e. The van der Waals surface area contributed by atoms with Crippen LogP contribution in [0.25, 0.3) is 0 Å². The van der Waals surface area contributed by atoms with Gasteiger partial charge in [0.1, 0.15) is 12.2 Å². The molecule has 0 atom stereocenters. The summed E-state index contributed by atoms with van der Waals surface area (Å²) in [6.45, 7) is 10.9. The molecule has 1 rings (SSSR count). The summed E-state index contributed by atoms with van der Waals surface area (Å²) in [7, 11) is 1.71. The van der Waals surface area contributed by atoms with Gasteiger partial charge in [-0.15, -0.1) is 0 Å². The second-order valence-corrected chi connectivity index (χ2v) is 5.42. The normalized spacial score (nSPS) is 12.4. The van der Waals surface area contributed by atoms with Gasteiger partial charge in [-0.3, -0.25) is 0 Å². The van der Waals surface area contributed by atoms with Gasteiger partial charge in [-0.05, 0) is 19.8 Å². The number of rotatable bonds is 7. The molecule has 0 bridgehead atoms. The van der Waals surface area contributed by atoms with Crippen LogP contribution in [0.2, 0.25) is 0 Å². The number of methoxy groups -OCH3 is 1. The Morgan fingerprint density at radius 3 is 2.76 bits per heavy atom. The molecule has 0 radical (unpaired) electrons. The molecule has 17 heavy (non-hydrogen) atoms. The van der Waals surface area contributed by atoms with Crippen LogP contribution in [0.3, 0.4) is 0 Å². The van der Waals surface area contributed by atoms with Crippen molar-refractivity contribution in [2.45, 2.75) is 46.3 Å². The van der Waals surface area contributed by atoms with Gasteiger partial charge in [-0.2, -0.15) is 5.10 Å². The van der Waals surface area contributed by atoms with Crippen molar-refractivity contribution in [3.63, 3.8) is 0 Å². The van der Waals surface area contributed by atoms with Crippen LogP contribution in [0.5, 0.6) is 0 Å². The fraction of sp³-hybridized carbons (Fsp3) is 0.833. The first-order valence-electron chi connectivity index (χ1n) is 6.05. The number of ether oxygens (including phenoxy) is 1. The second-order valence-electron chi connectivity index (χ2n) is 5.42. The summed E-state index contributed by atoms with van der Waals surface area (Å²) < 4.78 is 7.12. The monoisotopic (exact) mass is 240 g/mol. The van der Waals surface area contributed by atoms with E-state index in [1.54, 1.807) is 13.4 Å². The molecule has 0 aliphatic heterocycles. The topological polar surface area (TPSA) is 52.0 Å². The standard InChI is InChI=1S/C12H24N4O/c1-10(2)7-16-11(13-9-15-16)6-14-12(3,4)8-17-5/h9-10,14H,6-8H2,1-5H3. The van der Waals surface area contributed by atoms with Gasteiger partial charge in [0.2, 0.25) is 0 Å². The highest BCUT2D eigenvalue weighted by atomic mass is 16.5. The SMILES string of the molecule is COCC(C)(C)NCc1ncnn1CC(C)C. The van der Waals surface area contributed by atoms with Crippen molar-refractivity contribution in [1.29, 1.82) is 0 Å². The average molecular weight is 240 g/mol. The molecule has 0 aliphatic carbocycles. The van der Waals surface area contributed by atoms with Gasteiger partial charge >= 0.3 is 0 Å². The summed E-state index contributed by atoms with van der Waals surface area (Å²) in [6, 6.07) is 0. The van der Waals surface area contributed by atoms with Gasteiger partial charge < -0.3 is 10.1 Å². The molecule has 5 nitrogen and oxygen atoms in total. The van der Waals surface area contributed by atoms with Crippen molar-refractivity contribution in [2.75, 3.05) is 13.7 Å². The second kappa shape index (κ2) is 6.12. The average Bonchev–Trinajstić information content (AvgIpc) is 2.61. The lowest BCUT2D eigenvalue weighted by Gasteiger charge is -2.25. The molecule has 0 aromatic carbocycles. The third kappa shape index (κ3) is 4.83. The van der Waals surface area contributed by atoms with E-state index < -0.39 is 0 Å². The maximum Gasteiger partial charge on any atom is 0.140 e. The van der Waals surface area contributed by atoms with Crippen LogP contribution in [0.15, 0.2) is 6.33 Å². The molecule has 1 heterocycles. The Morgan fingerprint density at radius 1 is 1.47 bits per heavy atom. The third-order valence-electron chi connectivity index (χ3n) is 2.46. The third-order valence-corrected chi connectivity index (χ3v) is 2.46. The molecule has 0 fully saturated rings. The van der Waals surface area contributed by atoms with Gasteiger partial charge in [0.15, 0.2) is 0 Å². The van der Waals surface area contributed by atoms with E-state index in [0.29, 0.717) is 19.1 Å². The van der Waals surface area contributed by atoms with Crippen molar-refractivity contribution in [2.24, 2.45) is 5.92 Å². The number of aromatic nitrogens is 3.